The average molecular weight is 356 g/mol. The Labute approximate surface area is 155 Å². The summed E-state index contributed by atoms with van der Waals surface area (Å²) in [5.74, 6) is 1.55. The van der Waals surface area contributed by atoms with E-state index >= 15 is 0 Å². The van der Waals surface area contributed by atoms with Crippen molar-refractivity contribution in [1.29, 1.82) is 0 Å². The predicted molar refractivity (Wildman–Crippen MR) is 106 cm³/mol. The topological polar surface area (TPSA) is 65.9 Å². The van der Waals surface area contributed by atoms with Gasteiger partial charge in [0.25, 0.3) is 0 Å². The van der Waals surface area contributed by atoms with Crippen LogP contribution in [0.1, 0.15) is 72.1 Å². The molecule has 0 spiro atoms. The van der Waals surface area contributed by atoms with E-state index in [0.29, 0.717) is 19.1 Å². The highest BCUT2D eigenvalue weighted by Gasteiger charge is 2.34. The van der Waals surface area contributed by atoms with Crippen LogP contribution in [0.3, 0.4) is 0 Å². The molecule has 0 amide bonds. The monoisotopic (exact) mass is 355 g/mol. The standard InChI is InChI=1S/C20H41N3O2/c1-4-6-7-8-9-10-18(3)15-22-19(21-5-2)23-16-20(11-13-24)12-14-25-17-20/h18,24H,4-17H2,1-3H3,(H2,21,22,23). The van der Waals surface area contributed by atoms with Gasteiger partial charge in [-0.3, -0.25) is 4.99 Å². The van der Waals surface area contributed by atoms with E-state index in [1.165, 1.54) is 38.5 Å². The average Bonchev–Trinajstić information content (AvgIpc) is 3.06. The minimum Gasteiger partial charge on any atom is -0.396 e. The van der Waals surface area contributed by atoms with Crippen molar-refractivity contribution in [2.75, 3.05) is 39.5 Å². The first-order valence-electron chi connectivity index (χ1n) is 10.4. The van der Waals surface area contributed by atoms with E-state index in [2.05, 4.69) is 31.4 Å². The SMILES string of the molecule is CCCCCCCC(C)CNC(=NCC1(CCO)CCOC1)NCC. The Hall–Kier alpha value is -0.810. The Morgan fingerprint density at radius 3 is 2.64 bits per heavy atom. The third-order valence-corrected chi connectivity index (χ3v) is 5.16. The molecular formula is C20H41N3O2. The Balaban J connectivity index is 2.36. The maximum atomic E-state index is 9.34. The highest BCUT2D eigenvalue weighted by molar-refractivity contribution is 5.79. The molecule has 1 saturated heterocycles. The molecule has 0 aromatic carbocycles. The summed E-state index contributed by atoms with van der Waals surface area (Å²) in [6.45, 7) is 10.9. The summed E-state index contributed by atoms with van der Waals surface area (Å²) in [6, 6.07) is 0. The molecule has 2 unspecified atom stereocenters. The molecule has 0 radical (unpaired) electrons. The van der Waals surface area contributed by atoms with Gasteiger partial charge in [-0.15, -0.1) is 0 Å². The van der Waals surface area contributed by atoms with E-state index in [4.69, 9.17) is 9.73 Å². The maximum absolute atomic E-state index is 9.34. The van der Waals surface area contributed by atoms with Gasteiger partial charge < -0.3 is 20.5 Å². The number of guanidine groups is 1. The van der Waals surface area contributed by atoms with Crippen LogP contribution in [0.5, 0.6) is 0 Å². The highest BCUT2D eigenvalue weighted by atomic mass is 16.5. The van der Waals surface area contributed by atoms with Crippen molar-refractivity contribution in [3.8, 4) is 0 Å². The number of rotatable bonds is 13. The number of hydrogen-bond donors (Lipinski definition) is 3. The fraction of sp³-hybridized carbons (Fsp3) is 0.950. The highest BCUT2D eigenvalue weighted by Crippen LogP contribution is 2.32. The van der Waals surface area contributed by atoms with Crippen LogP contribution in [0, 0.1) is 11.3 Å². The number of aliphatic hydroxyl groups is 1. The second-order valence-electron chi connectivity index (χ2n) is 7.66. The molecule has 148 valence electrons. The predicted octanol–water partition coefficient (Wildman–Crippen LogP) is 3.33. The first kappa shape index (κ1) is 22.2. The van der Waals surface area contributed by atoms with Crippen LogP contribution in [0.4, 0.5) is 0 Å². The third kappa shape index (κ3) is 9.45. The smallest absolute Gasteiger partial charge is 0.191 e. The second-order valence-corrected chi connectivity index (χ2v) is 7.66. The zero-order valence-corrected chi connectivity index (χ0v) is 16.8. The van der Waals surface area contributed by atoms with Gasteiger partial charge in [0.15, 0.2) is 5.96 Å². The Morgan fingerprint density at radius 1 is 1.20 bits per heavy atom. The quantitative estimate of drug-likeness (QED) is 0.269. The first-order chi connectivity index (χ1) is 12.2. The molecule has 1 aliphatic heterocycles. The van der Waals surface area contributed by atoms with Crippen molar-refractivity contribution in [2.24, 2.45) is 16.3 Å². The van der Waals surface area contributed by atoms with Gasteiger partial charge in [-0.05, 0) is 32.1 Å². The van der Waals surface area contributed by atoms with Gasteiger partial charge in [-0.25, -0.2) is 0 Å². The number of nitrogens with zero attached hydrogens (tertiary/aromatic N) is 1. The number of nitrogens with one attached hydrogen (secondary N) is 2. The van der Waals surface area contributed by atoms with Crippen molar-refractivity contribution in [3.63, 3.8) is 0 Å². The lowest BCUT2D eigenvalue weighted by Crippen LogP contribution is -2.40. The summed E-state index contributed by atoms with van der Waals surface area (Å²) < 4.78 is 5.55. The van der Waals surface area contributed by atoms with Gasteiger partial charge in [-0.1, -0.05) is 46.0 Å². The molecule has 0 bridgehead atoms. The summed E-state index contributed by atoms with van der Waals surface area (Å²) >= 11 is 0. The fourth-order valence-corrected chi connectivity index (χ4v) is 3.35. The van der Waals surface area contributed by atoms with Crippen molar-refractivity contribution < 1.29 is 9.84 Å². The molecule has 0 aromatic rings. The van der Waals surface area contributed by atoms with Crippen molar-refractivity contribution in [2.45, 2.75) is 72.1 Å². The summed E-state index contributed by atoms with van der Waals surface area (Å²) in [5, 5.41) is 16.2. The first-order valence-corrected chi connectivity index (χ1v) is 10.4. The van der Waals surface area contributed by atoms with Crippen LogP contribution < -0.4 is 10.6 Å². The van der Waals surface area contributed by atoms with Crippen LogP contribution in [0.2, 0.25) is 0 Å². The molecule has 3 N–H and O–H groups in total. The Morgan fingerprint density at radius 2 is 2.00 bits per heavy atom. The molecule has 25 heavy (non-hydrogen) atoms. The molecule has 5 heteroatoms. The van der Waals surface area contributed by atoms with E-state index in [0.717, 1.165) is 38.5 Å². The van der Waals surface area contributed by atoms with Crippen molar-refractivity contribution in [1.82, 2.24) is 10.6 Å². The molecule has 1 rings (SSSR count). The number of ether oxygens (including phenoxy) is 1. The van der Waals surface area contributed by atoms with Gasteiger partial charge in [0.05, 0.1) is 13.2 Å². The summed E-state index contributed by atoms with van der Waals surface area (Å²) in [6.07, 6.45) is 9.76. The largest absolute Gasteiger partial charge is 0.396 e. The minimum atomic E-state index is 0.0159. The minimum absolute atomic E-state index is 0.0159. The summed E-state index contributed by atoms with van der Waals surface area (Å²) in [7, 11) is 0. The van der Waals surface area contributed by atoms with Crippen LogP contribution in [-0.4, -0.2) is 50.5 Å². The number of aliphatic imine (C=N–C) groups is 1. The number of hydrogen-bond acceptors (Lipinski definition) is 3. The lowest BCUT2D eigenvalue weighted by molar-refractivity contribution is 0.131. The van der Waals surface area contributed by atoms with Crippen LogP contribution in [0.25, 0.3) is 0 Å². The zero-order valence-electron chi connectivity index (χ0n) is 16.8. The van der Waals surface area contributed by atoms with Crippen LogP contribution >= 0.6 is 0 Å². The van der Waals surface area contributed by atoms with E-state index in [9.17, 15) is 5.11 Å². The Kier molecular flexibility index (Phi) is 11.9. The lowest BCUT2D eigenvalue weighted by atomic mass is 9.84. The van der Waals surface area contributed by atoms with Crippen LogP contribution in [-0.2, 0) is 4.74 Å². The summed E-state index contributed by atoms with van der Waals surface area (Å²) in [4.78, 5) is 4.78. The normalized spacial score (nSPS) is 22.2. The number of unbranched alkanes of at least 4 members (excludes halogenated alkanes) is 4. The Bertz CT molecular complexity index is 355. The number of aliphatic hydroxyl groups excluding tert-OH is 1. The molecule has 5 nitrogen and oxygen atoms in total. The van der Waals surface area contributed by atoms with E-state index in [1.54, 1.807) is 0 Å². The lowest BCUT2D eigenvalue weighted by Gasteiger charge is -2.25. The maximum Gasteiger partial charge on any atom is 0.191 e. The van der Waals surface area contributed by atoms with E-state index < -0.39 is 0 Å². The van der Waals surface area contributed by atoms with E-state index in [-0.39, 0.29) is 12.0 Å². The van der Waals surface area contributed by atoms with E-state index in [1.807, 2.05) is 0 Å². The molecular weight excluding hydrogens is 314 g/mol. The van der Waals surface area contributed by atoms with Crippen molar-refractivity contribution >= 4 is 5.96 Å². The molecule has 1 heterocycles. The third-order valence-electron chi connectivity index (χ3n) is 5.16. The molecule has 0 aromatic heterocycles. The van der Waals surface area contributed by atoms with Gasteiger partial charge in [0.1, 0.15) is 0 Å². The van der Waals surface area contributed by atoms with Crippen molar-refractivity contribution in [3.05, 3.63) is 0 Å². The molecule has 0 saturated carbocycles. The molecule has 0 aliphatic carbocycles. The molecule has 2 atom stereocenters. The second kappa shape index (κ2) is 13.4. The summed E-state index contributed by atoms with van der Waals surface area (Å²) in [5.41, 5.74) is 0.0159. The van der Waals surface area contributed by atoms with Gasteiger partial charge in [0, 0.05) is 31.7 Å². The zero-order chi connectivity index (χ0) is 18.4. The fourth-order valence-electron chi connectivity index (χ4n) is 3.35. The van der Waals surface area contributed by atoms with Gasteiger partial charge in [0.2, 0.25) is 0 Å². The molecule has 1 aliphatic rings. The molecule has 1 fully saturated rings. The van der Waals surface area contributed by atoms with Gasteiger partial charge >= 0.3 is 0 Å². The van der Waals surface area contributed by atoms with Gasteiger partial charge in [-0.2, -0.15) is 0 Å². The van der Waals surface area contributed by atoms with Crippen LogP contribution in [0.15, 0.2) is 4.99 Å².